The molecule has 0 bridgehead atoms. The highest BCUT2D eigenvalue weighted by molar-refractivity contribution is 5.24. The highest BCUT2D eigenvalue weighted by atomic mass is 16.5. The second-order valence-electron chi connectivity index (χ2n) is 4.88. The quantitative estimate of drug-likeness (QED) is 0.715. The van der Waals surface area contributed by atoms with Crippen LogP contribution in [0.25, 0.3) is 0 Å². The van der Waals surface area contributed by atoms with Crippen molar-refractivity contribution in [2.75, 3.05) is 13.6 Å². The molecular weight excluding hydrogens is 212 g/mol. The average molecular weight is 238 g/mol. The van der Waals surface area contributed by atoms with E-state index < -0.39 is 0 Å². The molecule has 0 saturated carbocycles. The lowest BCUT2D eigenvalue weighted by Crippen LogP contribution is -2.28. The molecule has 17 heavy (non-hydrogen) atoms. The van der Waals surface area contributed by atoms with Gasteiger partial charge in [-0.1, -0.05) is 13.3 Å². The monoisotopic (exact) mass is 238 g/mol. The van der Waals surface area contributed by atoms with E-state index in [2.05, 4.69) is 37.5 Å². The van der Waals surface area contributed by atoms with Crippen LogP contribution in [0.4, 0.5) is 0 Å². The van der Waals surface area contributed by atoms with Crippen molar-refractivity contribution in [2.24, 2.45) is 0 Å². The first-order valence-electron chi connectivity index (χ1n) is 6.62. The Hall–Kier alpha value is -0.960. The molecule has 0 saturated heterocycles. The molecule has 1 atom stereocenters. The van der Waals surface area contributed by atoms with Crippen LogP contribution in [0.2, 0.25) is 0 Å². The summed E-state index contributed by atoms with van der Waals surface area (Å²) in [7, 11) is 2.04. The highest BCUT2D eigenvalue weighted by Crippen LogP contribution is 2.16. The summed E-state index contributed by atoms with van der Waals surface area (Å²) in [6, 6.07) is 0.575. The van der Waals surface area contributed by atoms with Gasteiger partial charge >= 0.3 is 0 Å². The van der Waals surface area contributed by atoms with Gasteiger partial charge in [0.25, 0.3) is 0 Å². The van der Waals surface area contributed by atoms with Gasteiger partial charge < -0.3 is 15.4 Å². The molecule has 1 aliphatic heterocycles. The Bertz CT molecular complexity index is 282. The lowest BCUT2D eigenvalue weighted by Gasteiger charge is -2.21. The standard InChI is InChI=1S/C14H26N2O/c1-5-6-13(15-4)7-12-8-14(10-16-9-12)17-11(2)3/h8,10-11,13,15-16H,5-7,9H2,1-4H3/t13-/m0/s1. The van der Waals surface area contributed by atoms with Gasteiger partial charge in [-0.25, -0.2) is 0 Å². The second kappa shape index (κ2) is 7.38. The number of rotatable bonds is 7. The lowest BCUT2D eigenvalue weighted by atomic mass is 10.0. The minimum Gasteiger partial charge on any atom is -0.490 e. The fraction of sp³-hybridized carbons (Fsp3) is 0.714. The largest absolute Gasteiger partial charge is 0.490 e. The minimum absolute atomic E-state index is 0.231. The van der Waals surface area contributed by atoms with Crippen LogP contribution < -0.4 is 10.6 Å². The summed E-state index contributed by atoms with van der Waals surface area (Å²) in [6.45, 7) is 7.27. The zero-order chi connectivity index (χ0) is 12.7. The fourth-order valence-corrected chi connectivity index (χ4v) is 2.06. The van der Waals surface area contributed by atoms with Gasteiger partial charge in [0.05, 0.1) is 6.10 Å². The van der Waals surface area contributed by atoms with Gasteiger partial charge in [-0.05, 0) is 45.4 Å². The first-order valence-corrected chi connectivity index (χ1v) is 6.62. The lowest BCUT2D eigenvalue weighted by molar-refractivity contribution is 0.155. The van der Waals surface area contributed by atoms with Crippen molar-refractivity contribution in [2.45, 2.75) is 52.2 Å². The third kappa shape index (κ3) is 5.26. The Balaban J connectivity index is 2.52. The average Bonchev–Trinajstić information content (AvgIpc) is 2.28. The van der Waals surface area contributed by atoms with Crippen molar-refractivity contribution in [1.82, 2.24) is 10.6 Å². The van der Waals surface area contributed by atoms with Gasteiger partial charge in [0.1, 0.15) is 5.76 Å². The van der Waals surface area contributed by atoms with Crippen LogP contribution in [0.1, 0.15) is 40.0 Å². The van der Waals surface area contributed by atoms with Gasteiger partial charge in [0, 0.05) is 18.8 Å². The molecule has 0 aromatic heterocycles. The number of hydrogen-bond acceptors (Lipinski definition) is 3. The smallest absolute Gasteiger partial charge is 0.135 e. The van der Waals surface area contributed by atoms with Gasteiger partial charge in [-0.3, -0.25) is 0 Å². The Kier molecular flexibility index (Phi) is 6.12. The number of ether oxygens (including phenoxy) is 1. The van der Waals surface area contributed by atoms with E-state index in [1.54, 1.807) is 0 Å². The summed E-state index contributed by atoms with van der Waals surface area (Å²) in [5, 5.41) is 6.66. The molecular formula is C14H26N2O. The summed E-state index contributed by atoms with van der Waals surface area (Å²) in [5.74, 6) is 0.951. The molecule has 98 valence electrons. The zero-order valence-electron chi connectivity index (χ0n) is 11.5. The molecule has 1 aliphatic rings. The summed E-state index contributed by atoms with van der Waals surface area (Å²) >= 11 is 0. The number of nitrogens with one attached hydrogen (secondary N) is 2. The second-order valence-corrected chi connectivity index (χ2v) is 4.88. The van der Waals surface area contributed by atoms with E-state index in [0.717, 1.165) is 18.7 Å². The molecule has 3 nitrogen and oxygen atoms in total. The van der Waals surface area contributed by atoms with Crippen LogP contribution in [-0.2, 0) is 4.74 Å². The highest BCUT2D eigenvalue weighted by Gasteiger charge is 2.12. The van der Waals surface area contributed by atoms with Crippen LogP contribution >= 0.6 is 0 Å². The van der Waals surface area contributed by atoms with Crippen molar-refractivity contribution in [3.05, 3.63) is 23.6 Å². The van der Waals surface area contributed by atoms with Crippen molar-refractivity contribution < 1.29 is 4.74 Å². The van der Waals surface area contributed by atoms with Crippen LogP contribution in [0.3, 0.4) is 0 Å². The first kappa shape index (κ1) is 14.1. The normalized spacial score (nSPS) is 17.2. The molecule has 1 heterocycles. The molecule has 1 rings (SSSR count). The van der Waals surface area contributed by atoms with Crippen molar-refractivity contribution >= 4 is 0 Å². The third-order valence-corrected chi connectivity index (χ3v) is 2.85. The zero-order valence-corrected chi connectivity index (χ0v) is 11.5. The SMILES string of the molecule is CCC[C@@H](CC1=CC(OC(C)C)=CNC1)NC. The molecule has 2 N–H and O–H groups in total. The molecule has 0 unspecified atom stereocenters. The molecule has 0 fully saturated rings. The van der Waals surface area contributed by atoms with E-state index in [-0.39, 0.29) is 6.10 Å². The predicted molar refractivity (Wildman–Crippen MR) is 72.8 cm³/mol. The maximum Gasteiger partial charge on any atom is 0.135 e. The van der Waals surface area contributed by atoms with E-state index in [1.165, 1.54) is 18.4 Å². The summed E-state index contributed by atoms with van der Waals surface area (Å²) in [4.78, 5) is 0. The topological polar surface area (TPSA) is 33.3 Å². The number of hydrogen-bond donors (Lipinski definition) is 2. The van der Waals surface area contributed by atoms with Crippen molar-refractivity contribution in [3.63, 3.8) is 0 Å². The molecule has 0 spiro atoms. The van der Waals surface area contributed by atoms with E-state index >= 15 is 0 Å². The number of dihydropyridines is 1. The van der Waals surface area contributed by atoms with Gasteiger partial charge in [0.15, 0.2) is 0 Å². The van der Waals surface area contributed by atoms with Crippen LogP contribution in [0.5, 0.6) is 0 Å². The Morgan fingerprint density at radius 3 is 2.82 bits per heavy atom. The Labute approximate surface area is 105 Å². The van der Waals surface area contributed by atoms with Crippen LogP contribution in [0.15, 0.2) is 23.6 Å². The van der Waals surface area contributed by atoms with E-state index in [4.69, 9.17) is 4.74 Å². The molecule has 0 radical (unpaired) electrons. The molecule has 3 heteroatoms. The maximum absolute atomic E-state index is 5.70. The molecule has 0 aromatic rings. The minimum atomic E-state index is 0.231. The van der Waals surface area contributed by atoms with Crippen molar-refractivity contribution in [3.8, 4) is 0 Å². The van der Waals surface area contributed by atoms with Crippen LogP contribution in [-0.4, -0.2) is 25.7 Å². The van der Waals surface area contributed by atoms with E-state index in [9.17, 15) is 0 Å². The summed E-state index contributed by atoms with van der Waals surface area (Å²) in [5.41, 5.74) is 1.41. The first-order chi connectivity index (χ1) is 8.15. The van der Waals surface area contributed by atoms with Crippen molar-refractivity contribution in [1.29, 1.82) is 0 Å². The van der Waals surface area contributed by atoms with E-state index in [1.807, 2.05) is 13.2 Å². The molecule has 0 amide bonds. The fourth-order valence-electron chi connectivity index (χ4n) is 2.06. The Morgan fingerprint density at radius 1 is 1.47 bits per heavy atom. The predicted octanol–water partition coefficient (Wildman–Crippen LogP) is 2.56. The Morgan fingerprint density at radius 2 is 2.24 bits per heavy atom. The third-order valence-electron chi connectivity index (χ3n) is 2.85. The molecule has 0 aromatic carbocycles. The summed E-state index contributed by atoms with van der Waals surface area (Å²) in [6.07, 6.45) is 7.90. The maximum atomic E-state index is 5.70. The van der Waals surface area contributed by atoms with Crippen LogP contribution in [0, 0.1) is 0 Å². The van der Waals surface area contributed by atoms with Gasteiger partial charge in [0.2, 0.25) is 0 Å². The number of allylic oxidation sites excluding steroid dienone is 1. The van der Waals surface area contributed by atoms with E-state index in [0.29, 0.717) is 6.04 Å². The van der Waals surface area contributed by atoms with Gasteiger partial charge in [-0.15, -0.1) is 0 Å². The molecule has 0 aliphatic carbocycles. The summed E-state index contributed by atoms with van der Waals surface area (Å²) < 4.78 is 5.70. The van der Waals surface area contributed by atoms with Gasteiger partial charge in [-0.2, -0.15) is 0 Å².